The predicted molar refractivity (Wildman–Crippen MR) is 142 cm³/mol. The Balaban J connectivity index is 0.00000131. The van der Waals surface area contributed by atoms with E-state index in [1.807, 2.05) is 0 Å². The Morgan fingerprint density at radius 2 is 1.03 bits per heavy atom. The summed E-state index contributed by atoms with van der Waals surface area (Å²) in [7, 11) is -1.34. The molecule has 0 aromatic heterocycles. The lowest BCUT2D eigenvalue weighted by molar-refractivity contribution is -0.903. The molecule has 0 N–H and O–H groups in total. The predicted octanol–water partition coefficient (Wildman–Crippen LogP) is 8.58. The van der Waals surface area contributed by atoms with E-state index in [1.165, 1.54) is 115 Å². The molecule has 0 unspecified atom stereocenters. The molecule has 4 nitrogen and oxygen atoms in total. The van der Waals surface area contributed by atoms with Gasteiger partial charge < -0.3 is 9.04 Å². The summed E-state index contributed by atoms with van der Waals surface area (Å²) in [5.74, 6) is 0. The van der Waals surface area contributed by atoms with Gasteiger partial charge in [-0.1, -0.05) is 127 Å². The normalized spacial score (nSPS) is 12.3. The number of hydrogen-bond donors (Lipinski definition) is 0. The molecule has 0 heterocycles. The minimum absolute atomic E-state index is 1.11. The maximum absolute atomic E-state index is 10.7. The summed E-state index contributed by atoms with van der Waals surface area (Å²) in [6, 6.07) is 10.9. The molecule has 0 aliphatic rings. The summed E-state index contributed by atoms with van der Waals surface area (Å²) in [5, 5.41) is 0. The Labute approximate surface area is 219 Å². The van der Waals surface area contributed by atoms with Crippen LogP contribution in [0.1, 0.15) is 115 Å². The van der Waals surface area contributed by atoms with Crippen molar-refractivity contribution in [1.29, 1.82) is 0 Å². The lowest BCUT2D eigenvalue weighted by atomic mass is 10.0. The molecule has 36 heavy (non-hydrogen) atoms. The monoisotopic (exact) mass is 537 g/mol. The highest BCUT2D eigenvalue weighted by Crippen LogP contribution is 2.20. The van der Waals surface area contributed by atoms with Crippen LogP contribution in [0.15, 0.2) is 30.3 Å². The summed E-state index contributed by atoms with van der Waals surface area (Å²) < 4.78 is 60.0. The van der Waals surface area contributed by atoms with Crippen molar-refractivity contribution in [2.45, 2.75) is 122 Å². The Morgan fingerprint density at radius 3 is 1.36 bits per heavy atom. The summed E-state index contributed by atoms with van der Waals surface area (Å²) in [6.07, 6.45) is 23.2. The van der Waals surface area contributed by atoms with Gasteiger partial charge in [0.1, 0.15) is 6.54 Å². The minimum atomic E-state index is -6.09. The molecule has 1 aromatic carbocycles. The number of halogens is 3. The minimum Gasteiger partial charge on any atom is -0.741 e. The third kappa shape index (κ3) is 21.0. The highest BCUT2D eigenvalue weighted by molar-refractivity contribution is 7.86. The molecule has 0 aliphatic carbocycles. The molecule has 0 saturated heterocycles. The molecule has 0 aliphatic heterocycles. The second-order valence-corrected chi connectivity index (χ2v) is 11.9. The average Bonchev–Trinajstić information content (AvgIpc) is 2.78. The van der Waals surface area contributed by atoms with Gasteiger partial charge in [-0.15, -0.1) is 0 Å². The van der Waals surface area contributed by atoms with E-state index in [0.29, 0.717) is 0 Å². The fourth-order valence-corrected chi connectivity index (χ4v) is 4.24. The number of unbranched alkanes of at least 4 members (excludes halogenated alkanes) is 15. The van der Waals surface area contributed by atoms with Gasteiger partial charge in [-0.25, -0.2) is 8.42 Å². The Bertz CT molecular complexity index is 738. The van der Waals surface area contributed by atoms with Crippen molar-refractivity contribution < 1.29 is 30.6 Å². The lowest BCUT2D eigenvalue weighted by Gasteiger charge is -2.30. The van der Waals surface area contributed by atoms with Crippen LogP contribution in [0.5, 0.6) is 0 Å². The lowest BCUT2D eigenvalue weighted by Crippen LogP contribution is -2.39. The topological polar surface area (TPSA) is 57.2 Å². The Hall–Kier alpha value is -1.12. The van der Waals surface area contributed by atoms with E-state index in [1.54, 1.807) is 0 Å². The number of benzene rings is 1. The van der Waals surface area contributed by atoms with Crippen LogP contribution in [0.4, 0.5) is 13.2 Å². The van der Waals surface area contributed by atoms with Gasteiger partial charge in [-0.3, -0.25) is 0 Å². The third-order valence-corrected chi connectivity index (χ3v) is 6.92. The maximum atomic E-state index is 10.7. The standard InChI is InChI=1S/C27H50N.CHF3O3S/c1-4-5-6-7-8-9-10-11-12-13-14-15-16-17-18-22-25-28(2,3)26-27-23-20-19-21-24-27;2-1(3,4)8(5,6)7/h19-21,23-24H,4-18,22,25-26H2,1-3H3;(H,5,6,7)/q+1;/p-1. The van der Waals surface area contributed by atoms with E-state index >= 15 is 0 Å². The molecule has 1 rings (SSSR count). The maximum Gasteiger partial charge on any atom is 0.485 e. The zero-order valence-electron chi connectivity index (χ0n) is 22.8. The smallest absolute Gasteiger partial charge is 0.485 e. The number of nitrogens with zero attached hydrogens (tertiary/aromatic N) is 1. The molecular weight excluding hydrogens is 487 g/mol. The van der Waals surface area contributed by atoms with Crippen molar-refractivity contribution in [2.24, 2.45) is 0 Å². The van der Waals surface area contributed by atoms with Crippen LogP contribution >= 0.6 is 0 Å². The van der Waals surface area contributed by atoms with Crippen molar-refractivity contribution in [1.82, 2.24) is 0 Å². The van der Waals surface area contributed by atoms with Gasteiger partial charge in [0.05, 0.1) is 20.6 Å². The van der Waals surface area contributed by atoms with Crippen LogP contribution in [-0.4, -0.2) is 43.6 Å². The molecule has 0 atom stereocenters. The molecule has 0 spiro atoms. The first-order valence-corrected chi connectivity index (χ1v) is 15.2. The van der Waals surface area contributed by atoms with E-state index in [2.05, 4.69) is 51.4 Å². The van der Waals surface area contributed by atoms with Crippen LogP contribution < -0.4 is 0 Å². The van der Waals surface area contributed by atoms with E-state index < -0.39 is 15.6 Å². The number of rotatable bonds is 19. The van der Waals surface area contributed by atoms with Gasteiger partial charge in [0.15, 0.2) is 10.1 Å². The van der Waals surface area contributed by atoms with Crippen LogP contribution in [0, 0.1) is 0 Å². The van der Waals surface area contributed by atoms with E-state index in [4.69, 9.17) is 13.0 Å². The van der Waals surface area contributed by atoms with Crippen LogP contribution in [0.25, 0.3) is 0 Å². The van der Waals surface area contributed by atoms with Gasteiger partial charge in [0.2, 0.25) is 0 Å². The molecule has 0 fully saturated rings. The molecule has 0 saturated carbocycles. The molecule has 1 aromatic rings. The molecule has 0 bridgehead atoms. The van der Waals surface area contributed by atoms with Gasteiger partial charge in [-0.05, 0) is 12.8 Å². The van der Waals surface area contributed by atoms with Crippen LogP contribution in [-0.2, 0) is 16.7 Å². The first kappa shape index (κ1) is 34.9. The molecule has 8 heteroatoms. The van der Waals surface area contributed by atoms with Crippen molar-refractivity contribution >= 4 is 10.1 Å². The highest BCUT2D eigenvalue weighted by atomic mass is 32.2. The zero-order valence-corrected chi connectivity index (χ0v) is 23.6. The second kappa shape index (κ2) is 19.9. The van der Waals surface area contributed by atoms with Crippen molar-refractivity contribution in [2.75, 3.05) is 20.6 Å². The fraction of sp³-hybridized carbons (Fsp3) is 0.786. The zero-order chi connectivity index (χ0) is 27.3. The summed E-state index contributed by atoms with van der Waals surface area (Å²) >= 11 is 0. The van der Waals surface area contributed by atoms with E-state index in [9.17, 15) is 13.2 Å². The average molecular weight is 538 g/mol. The quantitative estimate of drug-likeness (QED) is 0.0768. The SMILES string of the molecule is CCCCCCCCCCCCCCCCCC[N+](C)(C)Cc1ccccc1.O=S(=O)([O-])C(F)(F)F. The highest BCUT2D eigenvalue weighted by Gasteiger charge is 2.36. The first-order valence-electron chi connectivity index (χ1n) is 13.8. The largest absolute Gasteiger partial charge is 0.741 e. The number of quaternary nitrogens is 1. The Kier molecular flexibility index (Phi) is 19.3. The number of hydrogen-bond acceptors (Lipinski definition) is 3. The Morgan fingerprint density at radius 1 is 0.694 bits per heavy atom. The molecule has 212 valence electrons. The molecule has 0 amide bonds. The van der Waals surface area contributed by atoms with Gasteiger partial charge in [0.25, 0.3) is 0 Å². The summed E-state index contributed by atoms with van der Waals surface area (Å²) in [4.78, 5) is 0. The summed E-state index contributed by atoms with van der Waals surface area (Å²) in [6.45, 7) is 4.75. The van der Waals surface area contributed by atoms with Gasteiger partial charge >= 0.3 is 5.51 Å². The summed E-state index contributed by atoms with van der Waals surface area (Å²) in [5.41, 5.74) is -4.18. The third-order valence-electron chi connectivity index (χ3n) is 6.35. The van der Waals surface area contributed by atoms with Gasteiger partial charge in [-0.2, -0.15) is 13.2 Å². The van der Waals surface area contributed by atoms with E-state index in [0.717, 1.165) is 11.0 Å². The number of alkyl halides is 3. The van der Waals surface area contributed by atoms with Crippen molar-refractivity contribution in [3.63, 3.8) is 0 Å². The first-order chi connectivity index (χ1) is 16.9. The van der Waals surface area contributed by atoms with Crippen molar-refractivity contribution in [3.8, 4) is 0 Å². The van der Waals surface area contributed by atoms with E-state index in [-0.39, 0.29) is 0 Å². The van der Waals surface area contributed by atoms with Crippen LogP contribution in [0.2, 0.25) is 0 Å². The fourth-order valence-electron chi connectivity index (χ4n) is 4.24. The van der Waals surface area contributed by atoms with Crippen molar-refractivity contribution in [3.05, 3.63) is 35.9 Å². The molecular formula is C28H50F3NO3S. The van der Waals surface area contributed by atoms with Crippen LogP contribution in [0.3, 0.4) is 0 Å². The van der Waals surface area contributed by atoms with Gasteiger partial charge in [0, 0.05) is 5.56 Å². The second-order valence-electron chi connectivity index (χ2n) is 10.5. The molecule has 0 radical (unpaired) electrons.